The molecular weight excluding hydrogens is 434 g/mol. The molecule has 2 aliphatic rings. The molecule has 1 unspecified atom stereocenters. The van der Waals surface area contributed by atoms with Crippen LogP contribution >= 0.6 is 0 Å². The number of piperazine rings is 1. The molecule has 0 spiro atoms. The van der Waals surface area contributed by atoms with Crippen LogP contribution in [0, 0.1) is 0 Å². The number of hydrogen-bond acceptors (Lipinski definition) is 5. The van der Waals surface area contributed by atoms with Crippen LogP contribution in [-0.2, 0) is 14.3 Å². The smallest absolute Gasteiger partial charge is 0.407 e. The lowest BCUT2D eigenvalue weighted by Crippen LogP contribution is -2.55. The highest BCUT2D eigenvalue weighted by Crippen LogP contribution is 2.44. The fourth-order valence-electron chi connectivity index (χ4n) is 4.87. The summed E-state index contributed by atoms with van der Waals surface area (Å²) in [5.41, 5.74) is 4.59. The van der Waals surface area contributed by atoms with Gasteiger partial charge in [-0.05, 0) is 28.7 Å². The van der Waals surface area contributed by atoms with Crippen molar-refractivity contribution in [2.45, 2.75) is 31.7 Å². The highest BCUT2D eigenvalue weighted by atomic mass is 16.5. The highest BCUT2D eigenvalue weighted by Gasteiger charge is 2.31. The number of hydrogen-bond donors (Lipinski definition) is 2. The van der Waals surface area contributed by atoms with Gasteiger partial charge < -0.3 is 20.1 Å². The molecule has 8 nitrogen and oxygen atoms in total. The molecule has 4 rings (SSSR count). The van der Waals surface area contributed by atoms with Crippen LogP contribution in [0.2, 0.25) is 0 Å². The van der Waals surface area contributed by atoms with Crippen molar-refractivity contribution in [2.75, 3.05) is 39.3 Å². The number of ether oxygens (including phenoxy) is 1. The Bertz CT molecular complexity index is 1000. The van der Waals surface area contributed by atoms with E-state index in [1.54, 1.807) is 9.80 Å². The van der Waals surface area contributed by atoms with Gasteiger partial charge in [0, 0.05) is 32.1 Å². The lowest BCUT2D eigenvalue weighted by Gasteiger charge is -2.35. The molecule has 2 amide bonds. The van der Waals surface area contributed by atoms with Crippen molar-refractivity contribution in [1.82, 2.24) is 15.1 Å². The van der Waals surface area contributed by atoms with Crippen molar-refractivity contribution in [3.05, 3.63) is 59.7 Å². The van der Waals surface area contributed by atoms with Gasteiger partial charge in [0.15, 0.2) is 0 Å². The van der Waals surface area contributed by atoms with Crippen LogP contribution in [0.4, 0.5) is 4.79 Å². The van der Waals surface area contributed by atoms with Crippen molar-refractivity contribution < 1.29 is 24.2 Å². The summed E-state index contributed by atoms with van der Waals surface area (Å²) >= 11 is 0. The van der Waals surface area contributed by atoms with E-state index >= 15 is 0 Å². The van der Waals surface area contributed by atoms with Crippen molar-refractivity contribution in [1.29, 1.82) is 0 Å². The summed E-state index contributed by atoms with van der Waals surface area (Å²) in [5, 5.41) is 11.7. The maximum atomic E-state index is 13.1. The number of alkyl carbamates (subject to hydrolysis) is 1. The first-order valence-electron chi connectivity index (χ1n) is 11.8. The van der Waals surface area contributed by atoms with Gasteiger partial charge in [-0.1, -0.05) is 61.9 Å². The number of nitrogens with zero attached hydrogens (tertiary/aromatic N) is 2. The third-order valence-electron chi connectivity index (χ3n) is 6.55. The quantitative estimate of drug-likeness (QED) is 0.622. The fourth-order valence-corrected chi connectivity index (χ4v) is 4.87. The Morgan fingerprint density at radius 3 is 2.15 bits per heavy atom. The number of carboxylic acids is 1. The second kappa shape index (κ2) is 10.7. The SMILES string of the molecule is CCCC(NC(=O)OCC1c2ccccc2-c2ccccc21)C(=O)N1CCN(CC(=O)O)CC1. The molecule has 0 saturated carbocycles. The maximum absolute atomic E-state index is 13.1. The Balaban J connectivity index is 1.35. The standard InChI is InChI=1S/C26H31N3O5/c1-2-7-23(25(32)29-14-12-28(13-15-29)16-24(30)31)27-26(33)34-17-22-20-10-5-3-8-18(20)19-9-4-6-11-21(19)22/h3-6,8-11,22-23H,2,7,12-17H2,1H3,(H,27,33)(H,30,31). The normalized spacial score (nSPS) is 16.4. The molecule has 2 aromatic carbocycles. The summed E-state index contributed by atoms with van der Waals surface area (Å²) in [6.07, 6.45) is 0.649. The molecule has 180 valence electrons. The average molecular weight is 466 g/mol. The van der Waals surface area contributed by atoms with E-state index in [2.05, 4.69) is 29.6 Å². The molecule has 0 radical (unpaired) electrons. The first kappa shape index (κ1) is 23.8. The molecule has 2 N–H and O–H groups in total. The highest BCUT2D eigenvalue weighted by molar-refractivity contribution is 5.86. The van der Waals surface area contributed by atoms with Crippen molar-refractivity contribution in [3.8, 4) is 11.1 Å². The van der Waals surface area contributed by atoms with Crippen molar-refractivity contribution in [3.63, 3.8) is 0 Å². The minimum absolute atomic E-state index is 0.0293. The van der Waals surface area contributed by atoms with Gasteiger partial charge in [-0.25, -0.2) is 4.79 Å². The van der Waals surface area contributed by atoms with Gasteiger partial charge in [-0.3, -0.25) is 14.5 Å². The zero-order valence-electron chi connectivity index (χ0n) is 19.4. The molecule has 8 heteroatoms. The minimum atomic E-state index is -0.874. The lowest BCUT2D eigenvalue weighted by molar-refractivity contribution is -0.139. The summed E-state index contributed by atoms with van der Waals surface area (Å²) < 4.78 is 5.62. The van der Waals surface area contributed by atoms with E-state index in [0.29, 0.717) is 32.6 Å². The predicted molar refractivity (Wildman–Crippen MR) is 128 cm³/mol. The molecular formula is C26H31N3O5. The third kappa shape index (κ3) is 5.22. The topological polar surface area (TPSA) is 99.2 Å². The minimum Gasteiger partial charge on any atom is -0.480 e. The number of fused-ring (bicyclic) bond motifs is 3. The van der Waals surface area contributed by atoms with E-state index in [1.807, 2.05) is 31.2 Å². The number of nitrogens with one attached hydrogen (secondary N) is 1. The second-order valence-corrected chi connectivity index (χ2v) is 8.81. The van der Waals surface area contributed by atoms with E-state index in [9.17, 15) is 14.4 Å². The van der Waals surface area contributed by atoms with Gasteiger partial charge >= 0.3 is 12.1 Å². The van der Waals surface area contributed by atoms with Gasteiger partial charge in [0.2, 0.25) is 5.91 Å². The summed E-state index contributed by atoms with van der Waals surface area (Å²) in [6, 6.07) is 15.6. The van der Waals surface area contributed by atoms with E-state index in [1.165, 1.54) is 0 Å². The second-order valence-electron chi connectivity index (χ2n) is 8.81. The van der Waals surface area contributed by atoms with Gasteiger partial charge in [0.25, 0.3) is 0 Å². The molecule has 1 fully saturated rings. The maximum Gasteiger partial charge on any atom is 0.407 e. The molecule has 1 aliphatic heterocycles. The van der Waals surface area contributed by atoms with Crippen LogP contribution in [0.25, 0.3) is 11.1 Å². The van der Waals surface area contributed by atoms with E-state index in [4.69, 9.17) is 9.84 Å². The van der Waals surface area contributed by atoms with E-state index in [0.717, 1.165) is 28.7 Å². The predicted octanol–water partition coefficient (Wildman–Crippen LogP) is 2.92. The lowest BCUT2D eigenvalue weighted by atomic mass is 9.98. The van der Waals surface area contributed by atoms with Crippen molar-refractivity contribution in [2.24, 2.45) is 0 Å². The van der Waals surface area contributed by atoms with Crippen LogP contribution < -0.4 is 5.32 Å². The molecule has 2 aromatic rings. The summed E-state index contributed by atoms with van der Waals surface area (Å²) in [4.78, 5) is 40.2. The molecule has 0 aromatic heterocycles. The largest absolute Gasteiger partial charge is 0.480 e. The zero-order valence-corrected chi connectivity index (χ0v) is 19.4. The van der Waals surface area contributed by atoms with Gasteiger partial charge in [-0.2, -0.15) is 0 Å². The number of rotatable bonds is 8. The van der Waals surface area contributed by atoms with Crippen LogP contribution in [-0.4, -0.2) is 78.2 Å². The van der Waals surface area contributed by atoms with Gasteiger partial charge in [0.1, 0.15) is 12.6 Å². The Labute approximate surface area is 199 Å². The zero-order chi connectivity index (χ0) is 24.1. The summed E-state index contributed by atoms with van der Waals surface area (Å²) in [7, 11) is 0. The molecule has 1 atom stereocenters. The number of amides is 2. The molecule has 1 aliphatic carbocycles. The van der Waals surface area contributed by atoms with Gasteiger partial charge in [-0.15, -0.1) is 0 Å². The number of carboxylic acid groups (broad SMARTS) is 1. The Morgan fingerprint density at radius 1 is 1.00 bits per heavy atom. The third-order valence-corrected chi connectivity index (χ3v) is 6.55. The monoisotopic (exact) mass is 465 g/mol. The number of aliphatic carboxylic acids is 1. The van der Waals surface area contributed by atoms with Crippen LogP contribution in [0.3, 0.4) is 0 Å². The average Bonchev–Trinajstić information content (AvgIpc) is 3.16. The molecule has 1 heterocycles. The Morgan fingerprint density at radius 2 is 1.59 bits per heavy atom. The molecule has 0 bridgehead atoms. The van der Waals surface area contributed by atoms with Crippen LogP contribution in [0.5, 0.6) is 0 Å². The fraction of sp³-hybridized carbons (Fsp3) is 0.423. The number of carbonyl (C=O) groups excluding carboxylic acids is 2. The van der Waals surface area contributed by atoms with E-state index in [-0.39, 0.29) is 25.0 Å². The number of carbonyl (C=O) groups is 3. The summed E-state index contributed by atoms with van der Waals surface area (Å²) in [5.74, 6) is -1.06. The van der Waals surface area contributed by atoms with Crippen LogP contribution in [0.1, 0.15) is 36.8 Å². The Kier molecular flexibility index (Phi) is 7.47. The number of benzene rings is 2. The van der Waals surface area contributed by atoms with Crippen molar-refractivity contribution >= 4 is 18.0 Å². The molecule has 34 heavy (non-hydrogen) atoms. The Hall–Kier alpha value is -3.39. The first-order chi connectivity index (χ1) is 16.5. The van der Waals surface area contributed by atoms with E-state index < -0.39 is 18.1 Å². The summed E-state index contributed by atoms with van der Waals surface area (Å²) in [6.45, 7) is 4.02. The molecule has 1 saturated heterocycles. The van der Waals surface area contributed by atoms with Crippen LogP contribution in [0.15, 0.2) is 48.5 Å². The van der Waals surface area contributed by atoms with Gasteiger partial charge in [0.05, 0.1) is 6.54 Å². The first-order valence-corrected chi connectivity index (χ1v) is 11.8.